The third-order valence-corrected chi connectivity index (χ3v) is 3.73. The molecule has 1 aliphatic rings. The van der Waals surface area contributed by atoms with Crippen molar-refractivity contribution in [3.63, 3.8) is 0 Å². The molecular weight excluding hydrogens is 212 g/mol. The van der Waals surface area contributed by atoms with E-state index in [0.29, 0.717) is 12.8 Å². The zero-order valence-corrected chi connectivity index (χ0v) is 11.5. The van der Waals surface area contributed by atoms with E-state index in [1.807, 2.05) is 27.7 Å². The Morgan fingerprint density at radius 1 is 1.24 bits per heavy atom. The number of hydrogen-bond acceptors (Lipinski definition) is 2. The Labute approximate surface area is 104 Å². The summed E-state index contributed by atoms with van der Waals surface area (Å²) < 4.78 is 0. The van der Waals surface area contributed by atoms with Crippen molar-refractivity contribution in [2.75, 3.05) is 0 Å². The van der Waals surface area contributed by atoms with Crippen molar-refractivity contribution in [3.05, 3.63) is 11.6 Å². The molecule has 0 aromatic heterocycles. The van der Waals surface area contributed by atoms with E-state index >= 15 is 0 Å². The van der Waals surface area contributed by atoms with Crippen LogP contribution in [0.15, 0.2) is 11.6 Å². The first-order valence-electron chi connectivity index (χ1n) is 6.63. The Bertz CT molecular complexity index is 326. The topological polar surface area (TPSA) is 34.1 Å². The van der Waals surface area contributed by atoms with Crippen molar-refractivity contribution >= 4 is 11.6 Å². The summed E-state index contributed by atoms with van der Waals surface area (Å²) in [5.41, 5.74) is 1.15. The van der Waals surface area contributed by atoms with Gasteiger partial charge >= 0.3 is 0 Å². The lowest BCUT2D eigenvalue weighted by Crippen LogP contribution is -2.26. The van der Waals surface area contributed by atoms with Gasteiger partial charge in [0.2, 0.25) is 0 Å². The highest BCUT2D eigenvalue weighted by Crippen LogP contribution is 2.25. The predicted molar refractivity (Wildman–Crippen MR) is 69.7 cm³/mol. The zero-order chi connectivity index (χ0) is 13.0. The molecule has 0 aromatic carbocycles. The Hall–Kier alpha value is -0.920. The summed E-state index contributed by atoms with van der Waals surface area (Å²) in [6.07, 6.45) is 4.90. The third kappa shape index (κ3) is 4.10. The molecule has 0 radical (unpaired) electrons. The van der Waals surface area contributed by atoms with Crippen LogP contribution in [0.25, 0.3) is 0 Å². The molecule has 0 amide bonds. The largest absolute Gasteiger partial charge is 0.299 e. The van der Waals surface area contributed by atoms with Crippen LogP contribution in [-0.2, 0) is 9.59 Å². The van der Waals surface area contributed by atoms with E-state index in [9.17, 15) is 9.59 Å². The highest BCUT2D eigenvalue weighted by molar-refractivity contribution is 5.90. The van der Waals surface area contributed by atoms with Crippen molar-refractivity contribution in [2.24, 2.45) is 17.8 Å². The van der Waals surface area contributed by atoms with E-state index in [4.69, 9.17) is 0 Å². The summed E-state index contributed by atoms with van der Waals surface area (Å²) >= 11 is 0. The molecule has 0 heterocycles. The van der Waals surface area contributed by atoms with Gasteiger partial charge in [0.25, 0.3) is 0 Å². The minimum Gasteiger partial charge on any atom is -0.299 e. The monoisotopic (exact) mass is 236 g/mol. The van der Waals surface area contributed by atoms with Crippen molar-refractivity contribution in [1.82, 2.24) is 0 Å². The maximum absolute atomic E-state index is 12.1. The molecule has 96 valence electrons. The molecule has 0 N–H and O–H groups in total. The van der Waals surface area contributed by atoms with Crippen LogP contribution in [0.2, 0.25) is 0 Å². The number of Topliss-reactive ketones (excluding diaryl/α,β-unsaturated/α-hetero) is 2. The Kier molecular flexibility index (Phi) is 5.10. The zero-order valence-electron chi connectivity index (χ0n) is 11.5. The predicted octanol–water partition coefficient (Wildman–Crippen LogP) is 3.55. The minimum atomic E-state index is -0.0913. The maximum atomic E-state index is 12.1. The van der Waals surface area contributed by atoms with Crippen LogP contribution in [-0.4, -0.2) is 11.6 Å². The van der Waals surface area contributed by atoms with E-state index in [2.05, 4.69) is 6.08 Å². The van der Waals surface area contributed by atoms with Crippen LogP contribution < -0.4 is 0 Å². The molecule has 1 aliphatic carbocycles. The molecule has 0 aromatic rings. The molecule has 0 fully saturated rings. The van der Waals surface area contributed by atoms with Gasteiger partial charge in [0.1, 0.15) is 11.6 Å². The van der Waals surface area contributed by atoms with Crippen molar-refractivity contribution in [1.29, 1.82) is 0 Å². The van der Waals surface area contributed by atoms with Crippen LogP contribution >= 0.6 is 0 Å². The Morgan fingerprint density at radius 2 is 1.88 bits per heavy atom. The SMILES string of the molecule is CC1=CCC[C@H](C)C(=O)C[C@H](C(C)C)C(=O)C1. The first-order chi connectivity index (χ1) is 7.91. The average Bonchev–Trinajstić information content (AvgIpc) is 2.23. The molecule has 1 rings (SSSR count). The highest BCUT2D eigenvalue weighted by atomic mass is 16.1. The van der Waals surface area contributed by atoms with Gasteiger partial charge in [0.15, 0.2) is 0 Å². The molecular formula is C15H24O2. The fourth-order valence-electron chi connectivity index (χ4n) is 2.36. The first kappa shape index (κ1) is 14.1. The van der Waals surface area contributed by atoms with Gasteiger partial charge in [-0.25, -0.2) is 0 Å². The van der Waals surface area contributed by atoms with Crippen LogP contribution in [0.3, 0.4) is 0 Å². The van der Waals surface area contributed by atoms with E-state index in [0.717, 1.165) is 18.4 Å². The van der Waals surface area contributed by atoms with E-state index in [1.54, 1.807) is 0 Å². The van der Waals surface area contributed by atoms with Gasteiger partial charge in [-0.15, -0.1) is 0 Å². The molecule has 0 unspecified atom stereocenters. The van der Waals surface area contributed by atoms with Crippen LogP contribution in [0, 0.1) is 17.8 Å². The number of allylic oxidation sites excluding steroid dienone is 2. The third-order valence-electron chi connectivity index (χ3n) is 3.73. The first-order valence-corrected chi connectivity index (χ1v) is 6.63. The lowest BCUT2D eigenvalue weighted by atomic mass is 9.81. The molecule has 0 saturated heterocycles. The van der Waals surface area contributed by atoms with E-state index in [1.165, 1.54) is 0 Å². The summed E-state index contributed by atoms with van der Waals surface area (Å²) in [7, 11) is 0. The second-order valence-electron chi connectivity index (χ2n) is 5.69. The highest BCUT2D eigenvalue weighted by Gasteiger charge is 2.27. The lowest BCUT2D eigenvalue weighted by Gasteiger charge is -2.22. The number of hydrogen-bond donors (Lipinski definition) is 0. The van der Waals surface area contributed by atoms with Gasteiger partial charge < -0.3 is 0 Å². The summed E-state index contributed by atoms with van der Waals surface area (Å²) in [5.74, 6) is 0.740. The number of rotatable bonds is 1. The standard InChI is InChI=1S/C15H24O2/c1-10(2)13-9-14(16)12(4)7-5-6-11(3)8-15(13)17/h6,10,12-13H,5,7-9H2,1-4H3/t12-,13+/m0/s1. The van der Waals surface area contributed by atoms with Crippen LogP contribution in [0.4, 0.5) is 0 Å². The summed E-state index contributed by atoms with van der Waals surface area (Å²) in [5, 5.41) is 0. The molecule has 0 spiro atoms. The molecule has 0 aliphatic heterocycles. The number of carbonyl (C=O) groups is 2. The Morgan fingerprint density at radius 3 is 2.47 bits per heavy atom. The van der Waals surface area contributed by atoms with Crippen LogP contribution in [0.1, 0.15) is 53.4 Å². The van der Waals surface area contributed by atoms with E-state index < -0.39 is 0 Å². The fraction of sp³-hybridized carbons (Fsp3) is 0.733. The average molecular weight is 236 g/mol. The second kappa shape index (κ2) is 6.13. The quantitative estimate of drug-likeness (QED) is 0.652. The van der Waals surface area contributed by atoms with Gasteiger partial charge in [0.05, 0.1) is 0 Å². The summed E-state index contributed by atoms with van der Waals surface area (Å²) in [6.45, 7) is 8.06. The molecule has 17 heavy (non-hydrogen) atoms. The smallest absolute Gasteiger partial charge is 0.140 e. The maximum Gasteiger partial charge on any atom is 0.140 e. The summed E-state index contributed by atoms with van der Waals surface area (Å²) in [6, 6.07) is 0. The second-order valence-corrected chi connectivity index (χ2v) is 5.69. The molecule has 2 heteroatoms. The summed E-state index contributed by atoms with van der Waals surface area (Å²) in [4.78, 5) is 24.1. The molecule has 2 nitrogen and oxygen atoms in total. The van der Waals surface area contributed by atoms with E-state index in [-0.39, 0.29) is 29.3 Å². The van der Waals surface area contributed by atoms with Gasteiger partial charge in [0, 0.05) is 24.7 Å². The van der Waals surface area contributed by atoms with Gasteiger partial charge in [-0.1, -0.05) is 32.4 Å². The fourth-order valence-corrected chi connectivity index (χ4v) is 2.36. The normalized spacial score (nSPS) is 28.2. The minimum absolute atomic E-state index is 0.0891. The molecule has 2 atom stereocenters. The number of ketones is 2. The van der Waals surface area contributed by atoms with Gasteiger partial charge in [-0.05, 0) is 25.7 Å². The van der Waals surface area contributed by atoms with Crippen molar-refractivity contribution < 1.29 is 9.59 Å². The van der Waals surface area contributed by atoms with Crippen molar-refractivity contribution in [2.45, 2.75) is 53.4 Å². The lowest BCUT2D eigenvalue weighted by molar-refractivity contribution is -0.130. The molecule has 0 saturated carbocycles. The molecule has 0 bridgehead atoms. The Balaban J connectivity index is 2.90. The van der Waals surface area contributed by atoms with Crippen LogP contribution in [0.5, 0.6) is 0 Å². The number of carbonyl (C=O) groups excluding carboxylic acids is 2. The van der Waals surface area contributed by atoms with Crippen molar-refractivity contribution in [3.8, 4) is 0 Å². The van der Waals surface area contributed by atoms with Gasteiger partial charge in [-0.3, -0.25) is 9.59 Å². The van der Waals surface area contributed by atoms with Gasteiger partial charge in [-0.2, -0.15) is 0 Å².